The molecule has 4 nitrogen and oxygen atoms in total. The van der Waals surface area contributed by atoms with Crippen LogP contribution in [0.25, 0.3) is 0 Å². The number of aromatic nitrogens is 2. The Morgan fingerprint density at radius 3 is 2.62 bits per heavy atom. The normalized spacial score (nSPS) is 16.3. The molecule has 118 valence electrons. The summed E-state index contributed by atoms with van der Waals surface area (Å²) in [6, 6.07) is 0.573. The summed E-state index contributed by atoms with van der Waals surface area (Å²) in [5, 5.41) is 3.48. The summed E-state index contributed by atoms with van der Waals surface area (Å²) in [7, 11) is 2.18. The van der Waals surface area contributed by atoms with Gasteiger partial charge in [-0.3, -0.25) is 0 Å². The zero-order valence-electron chi connectivity index (χ0n) is 14.2. The molecule has 1 N–H and O–H groups in total. The lowest BCUT2D eigenvalue weighted by molar-refractivity contribution is 0.595. The van der Waals surface area contributed by atoms with Crippen LogP contribution in [0.15, 0.2) is 6.20 Å². The maximum Gasteiger partial charge on any atom is 0.131 e. The molecule has 1 aromatic heterocycles. The van der Waals surface area contributed by atoms with Crippen molar-refractivity contribution in [3.8, 4) is 0 Å². The second kappa shape index (κ2) is 7.21. The van der Waals surface area contributed by atoms with E-state index in [-0.39, 0.29) is 0 Å². The lowest BCUT2D eigenvalue weighted by Gasteiger charge is -2.28. The molecule has 1 aliphatic carbocycles. The van der Waals surface area contributed by atoms with Gasteiger partial charge < -0.3 is 10.2 Å². The molecular formula is C17H30N4. The maximum absolute atomic E-state index is 4.81. The predicted molar refractivity (Wildman–Crippen MR) is 88.7 cm³/mol. The van der Waals surface area contributed by atoms with Gasteiger partial charge in [0.2, 0.25) is 0 Å². The van der Waals surface area contributed by atoms with E-state index in [2.05, 4.69) is 49.9 Å². The Bertz CT molecular complexity index is 454. The fourth-order valence-corrected chi connectivity index (χ4v) is 2.63. The Kier molecular flexibility index (Phi) is 5.57. The number of nitrogens with one attached hydrogen (secondary N) is 1. The molecule has 1 atom stereocenters. The summed E-state index contributed by atoms with van der Waals surface area (Å²) in [4.78, 5) is 11.7. The molecule has 0 aliphatic heterocycles. The number of rotatable bonds is 8. The van der Waals surface area contributed by atoms with Gasteiger partial charge in [0, 0.05) is 25.6 Å². The van der Waals surface area contributed by atoms with Gasteiger partial charge in [-0.2, -0.15) is 0 Å². The van der Waals surface area contributed by atoms with Gasteiger partial charge in [-0.25, -0.2) is 9.97 Å². The van der Waals surface area contributed by atoms with Crippen LogP contribution >= 0.6 is 0 Å². The molecule has 1 heterocycles. The lowest BCUT2D eigenvalue weighted by atomic mass is 10.1. The quantitative estimate of drug-likeness (QED) is 0.746. The standard InChI is InChI=1S/C17H30N4/c1-6-9-18-10-15-16(11-19-17(20-15)12(2)3)21(5)13(4)14-7-8-14/h11-14,18H,6-10H2,1-5H3. The average Bonchev–Trinajstić information content (AvgIpc) is 3.30. The van der Waals surface area contributed by atoms with Crippen molar-refractivity contribution in [1.29, 1.82) is 0 Å². The van der Waals surface area contributed by atoms with Crippen LogP contribution in [0.4, 0.5) is 5.69 Å². The molecule has 1 fully saturated rings. The van der Waals surface area contributed by atoms with Crippen LogP contribution in [0.1, 0.15) is 64.4 Å². The van der Waals surface area contributed by atoms with E-state index in [0.29, 0.717) is 12.0 Å². The number of hydrogen-bond donors (Lipinski definition) is 1. The summed E-state index contributed by atoms with van der Waals surface area (Å²) in [6.45, 7) is 10.7. The molecular weight excluding hydrogens is 260 g/mol. The van der Waals surface area contributed by atoms with Crippen molar-refractivity contribution in [2.45, 2.75) is 65.5 Å². The minimum atomic E-state index is 0.370. The summed E-state index contributed by atoms with van der Waals surface area (Å²) >= 11 is 0. The Labute approximate surface area is 129 Å². The van der Waals surface area contributed by atoms with Crippen LogP contribution in [0.5, 0.6) is 0 Å². The van der Waals surface area contributed by atoms with E-state index in [9.17, 15) is 0 Å². The van der Waals surface area contributed by atoms with Gasteiger partial charge in [-0.1, -0.05) is 20.8 Å². The van der Waals surface area contributed by atoms with Gasteiger partial charge >= 0.3 is 0 Å². The van der Waals surface area contributed by atoms with Gasteiger partial charge in [0.25, 0.3) is 0 Å². The van der Waals surface area contributed by atoms with Gasteiger partial charge in [0.1, 0.15) is 5.82 Å². The van der Waals surface area contributed by atoms with Crippen LogP contribution < -0.4 is 10.2 Å². The molecule has 0 aromatic carbocycles. The molecule has 2 rings (SSSR count). The third-order valence-corrected chi connectivity index (χ3v) is 4.40. The summed E-state index contributed by atoms with van der Waals surface area (Å²) in [6.07, 6.45) is 5.88. The monoisotopic (exact) mass is 290 g/mol. The zero-order chi connectivity index (χ0) is 15.4. The maximum atomic E-state index is 4.81. The highest BCUT2D eigenvalue weighted by atomic mass is 15.2. The number of hydrogen-bond acceptors (Lipinski definition) is 4. The van der Waals surface area contributed by atoms with Crippen molar-refractivity contribution < 1.29 is 0 Å². The van der Waals surface area contributed by atoms with E-state index < -0.39 is 0 Å². The van der Waals surface area contributed by atoms with Crippen molar-refractivity contribution in [3.05, 3.63) is 17.7 Å². The van der Waals surface area contributed by atoms with E-state index in [1.54, 1.807) is 0 Å². The Morgan fingerprint density at radius 1 is 1.33 bits per heavy atom. The first-order chi connectivity index (χ1) is 10.0. The van der Waals surface area contributed by atoms with Crippen LogP contribution in [-0.2, 0) is 6.54 Å². The highest BCUT2D eigenvalue weighted by Crippen LogP contribution is 2.36. The zero-order valence-corrected chi connectivity index (χ0v) is 14.2. The van der Waals surface area contributed by atoms with Gasteiger partial charge in [0.05, 0.1) is 17.6 Å². The molecule has 1 aliphatic rings. The highest BCUT2D eigenvalue weighted by Gasteiger charge is 2.31. The summed E-state index contributed by atoms with van der Waals surface area (Å²) in [5.74, 6) is 2.16. The van der Waals surface area contributed by atoms with Crippen LogP contribution in [0.3, 0.4) is 0 Å². The largest absolute Gasteiger partial charge is 0.369 e. The Hall–Kier alpha value is -1.16. The first-order valence-electron chi connectivity index (χ1n) is 8.34. The van der Waals surface area contributed by atoms with Crippen molar-refractivity contribution >= 4 is 5.69 Å². The van der Waals surface area contributed by atoms with Gasteiger partial charge in [0.15, 0.2) is 0 Å². The number of nitrogens with zero attached hydrogens (tertiary/aromatic N) is 3. The van der Waals surface area contributed by atoms with Crippen molar-refractivity contribution in [3.63, 3.8) is 0 Å². The molecule has 0 radical (unpaired) electrons. The van der Waals surface area contributed by atoms with E-state index in [1.165, 1.54) is 18.5 Å². The number of anilines is 1. The van der Waals surface area contributed by atoms with Crippen molar-refractivity contribution in [2.75, 3.05) is 18.5 Å². The van der Waals surface area contributed by atoms with Crippen molar-refractivity contribution in [2.24, 2.45) is 5.92 Å². The van der Waals surface area contributed by atoms with E-state index in [0.717, 1.165) is 36.9 Å². The fraction of sp³-hybridized carbons (Fsp3) is 0.765. The summed E-state index contributed by atoms with van der Waals surface area (Å²) in [5.41, 5.74) is 2.32. The predicted octanol–water partition coefficient (Wildman–Crippen LogP) is 3.33. The second-order valence-corrected chi connectivity index (χ2v) is 6.58. The molecule has 1 aromatic rings. The third-order valence-electron chi connectivity index (χ3n) is 4.40. The Morgan fingerprint density at radius 2 is 2.05 bits per heavy atom. The lowest BCUT2D eigenvalue weighted by Crippen LogP contribution is -2.32. The second-order valence-electron chi connectivity index (χ2n) is 6.58. The minimum Gasteiger partial charge on any atom is -0.369 e. The van der Waals surface area contributed by atoms with Crippen LogP contribution in [-0.4, -0.2) is 29.6 Å². The molecule has 4 heteroatoms. The third kappa shape index (κ3) is 4.16. The molecule has 1 saturated carbocycles. The van der Waals surface area contributed by atoms with Gasteiger partial charge in [-0.15, -0.1) is 0 Å². The van der Waals surface area contributed by atoms with E-state index in [1.807, 2.05) is 6.20 Å². The topological polar surface area (TPSA) is 41.1 Å². The first-order valence-corrected chi connectivity index (χ1v) is 8.34. The Balaban J connectivity index is 2.20. The summed E-state index contributed by atoms with van der Waals surface area (Å²) < 4.78 is 0. The molecule has 0 amide bonds. The smallest absolute Gasteiger partial charge is 0.131 e. The van der Waals surface area contributed by atoms with E-state index in [4.69, 9.17) is 4.98 Å². The van der Waals surface area contributed by atoms with Crippen LogP contribution in [0, 0.1) is 5.92 Å². The molecule has 0 bridgehead atoms. The van der Waals surface area contributed by atoms with Crippen molar-refractivity contribution in [1.82, 2.24) is 15.3 Å². The molecule has 0 saturated heterocycles. The molecule has 21 heavy (non-hydrogen) atoms. The highest BCUT2D eigenvalue weighted by molar-refractivity contribution is 5.49. The van der Waals surface area contributed by atoms with Crippen LogP contribution in [0.2, 0.25) is 0 Å². The van der Waals surface area contributed by atoms with E-state index >= 15 is 0 Å². The van der Waals surface area contributed by atoms with Gasteiger partial charge in [-0.05, 0) is 38.6 Å². The molecule has 1 unspecified atom stereocenters. The first kappa shape index (κ1) is 16.2. The molecule has 0 spiro atoms. The minimum absolute atomic E-state index is 0.370. The average molecular weight is 290 g/mol. The SMILES string of the molecule is CCCNCc1nc(C(C)C)ncc1N(C)C(C)C1CC1. The fourth-order valence-electron chi connectivity index (χ4n) is 2.63.